The van der Waals surface area contributed by atoms with Gasteiger partial charge in [-0.1, -0.05) is 6.07 Å². The first-order valence-electron chi connectivity index (χ1n) is 6.86. The highest BCUT2D eigenvalue weighted by Gasteiger charge is 2.19. The summed E-state index contributed by atoms with van der Waals surface area (Å²) in [6.07, 6.45) is 3.21. The Morgan fingerprint density at radius 3 is 2.86 bits per heavy atom. The third-order valence-electron chi connectivity index (χ3n) is 3.14. The van der Waals surface area contributed by atoms with Crippen molar-refractivity contribution in [2.24, 2.45) is 0 Å². The van der Waals surface area contributed by atoms with E-state index in [4.69, 9.17) is 4.42 Å². The molecule has 0 unspecified atom stereocenters. The van der Waals surface area contributed by atoms with Crippen LogP contribution in [0, 0.1) is 6.92 Å². The highest BCUT2D eigenvalue weighted by atomic mass is 32.1. The molecule has 3 aromatic rings. The van der Waals surface area contributed by atoms with Crippen LogP contribution in [-0.4, -0.2) is 20.8 Å². The molecule has 0 aliphatic heterocycles. The van der Waals surface area contributed by atoms with Gasteiger partial charge in [-0.3, -0.25) is 4.79 Å². The van der Waals surface area contributed by atoms with Crippen molar-refractivity contribution in [3.63, 3.8) is 0 Å². The predicted octanol–water partition coefficient (Wildman–Crippen LogP) is 3.28. The number of aromatic nitrogens is 2. The molecular weight excluding hydrogens is 298 g/mol. The topological polar surface area (TPSA) is 59.2 Å². The van der Waals surface area contributed by atoms with Crippen LogP contribution >= 0.6 is 11.3 Å². The molecule has 3 rings (SSSR count). The van der Waals surface area contributed by atoms with Crippen LogP contribution < -0.4 is 0 Å². The van der Waals surface area contributed by atoms with Gasteiger partial charge in [0.05, 0.1) is 19.4 Å². The molecule has 0 spiro atoms. The Kier molecular flexibility index (Phi) is 4.29. The molecule has 0 radical (unpaired) electrons. The summed E-state index contributed by atoms with van der Waals surface area (Å²) in [4.78, 5) is 23.9. The van der Waals surface area contributed by atoms with Crippen LogP contribution in [0.5, 0.6) is 0 Å². The highest BCUT2D eigenvalue weighted by molar-refractivity contribution is 7.09. The average molecular weight is 313 g/mol. The molecule has 3 heterocycles. The van der Waals surface area contributed by atoms with Gasteiger partial charge in [-0.2, -0.15) is 0 Å². The van der Waals surface area contributed by atoms with Crippen molar-refractivity contribution in [3.05, 3.63) is 70.3 Å². The van der Waals surface area contributed by atoms with E-state index in [0.717, 1.165) is 10.6 Å². The molecule has 6 heteroatoms. The van der Waals surface area contributed by atoms with E-state index in [-0.39, 0.29) is 5.91 Å². The van der Waals surface area contributed by atoms with E-state index in [1.54, 1.807) is 41.7 Å². The van der Waals surface area contributed by atoms with Crippen LogP contribution in [0.3, 0.4) is 0 Å². The quantitative estimate of drug-likeness (QED) is 0.725. The second-order valence-corrected chi connectivity index (χ2v) is 5.84. The van der Waals surface area contributed by atoms with Gasteiger partial charge in [0.1, 0.15) is 17.3 Å². The molecule has 5 nitrogen and oxygen atoms in total. The fraction of sp³-hybridized carbons (Fsp3) is 0.188. The van der Waals surface area contributed by atoms with Crippen LogP contribution in [0.2, 0.25) is 0 Å². The second kappa shape index (κ2) is 6.53. The van der Waals surface area contributed by atoms with E-state index < -0.39 is 0 Å². The molecule has 112 valence electrons. The summed E-state index contributed by atoms with van der Waals surface area (Å²) >= 11 is 1.62. The fourth-order valence-electron chi connectivity index (χ4n) is 2.12. The lowest BCUT2D eigenvalue weighted by Gasteiger charge is -2.20. The van der Waals surface area contributed by atoms with E-state index in [9.17, 15) is 4.79 Å². The Morgan fingerprint density at radius 2 is 2.18 bits per heavy atom. The number of nitrogens with zero attached hydrogens (tertiary/aromatic N) is 3. The minimum absolute atomic E-state index is 0.129. The highest BCUT2D eigenvalue weighted by Crippen LogP contribution is 2.17. The van der Waals surface area contributed by atoms with Crippen molar-refractivity contribution in [2.75, 3.05) is 0 Å². The van der Waals surface area contributed by atoms with Crippen LogP contribution in [0.15, 0.2) is 52.6 Å². The monoisotopic (exact) mass is 313 g/mol. The molecule has 0 saturated heterocycles. The summed E-state index contributed by atoms with van der Waals surface area (Å²) in [5, 5.41) is 2.00. The summed E-state index contributed by atoms with van der Waals surface area (Å²) in [7, 11) is 0. The van der Waals surface area contributed by atoms with Gasteiger partial charge >= 0.3 is 0 Å². The Balaban J connectivity index is 1.85. The second-order valence-electron chi connectivity index (χ2n) is 4.81. The van der Waals surface area contributed by atoms with Gasteiger partial charge in [-0.25, -0.2) is 9.97 Å². The first kappa shape index (κ1) is 14.5. The van der Waals surface area contributed by atoms with Crippen molar-refractivity contribution in [1.29, 1.82) is 0 Å². The normalized spacial score (nSPS) is 10.6. The SMILES string of the molecule is Cc1nccc(C(=O)N(Cc2ccco2)Cc2cccs2)n1. The maximum atomic E-state index is 12.7. The van der Waals surface area contributed by atoms with Crippen LogP contribution in [-0.2, 0) is 13.1 Å². The smallest absolute Gasteiger partial charge is 0.273 e. The summed E-state index contributed by atoms with van der Waals surface area (Å²) in [6.45, 7) is 2.71. The van der Waals surface area contributed by atoms with Crippen molar-refractivity contribution in [2.45, 2.75) is 20.0 Å². The maximum Gasteiger partial charge on any atom is 0.273 e. The molecule has 0 aliphatic carbocycles. The van der Waals surface area contributed by atoms with Crippen molar-refractivity contribution < 1.29 is 9.21 Å². The number of amides is 1. The zero-order valence-electron chi connectivity index (χ0n) is 12.1. The summed E-state index contributed by atoms with van der Waals surface area (Å²) < 4.78 is 5.37. The standard InChI is InChI=1S/C16H15N3O2S/c1-12-17-7-6-15(18-12)16(20)19(10-13-4-2-8-21-13)11-14-5-3-9-22-14/h2-9H,10-11H2,1H3. The Labute approximate surface area is 132 Å². The van der Waals surface area contributed by atoms with Crippen LogP contribution in [0.4, 0.5) is 0 Å². The predicted molar refractivity (Wildman–Crippen MR) is 83.4 cm³/mol. The van der Waals surface area contributed by atoms with Crippen LogP contribution in [0.1, 0.15) is 27.0 Å². The minimum atomic E-state index is -0.129. The molecule has 0 N–H and O–H groups in total. The van der Waals surface area contributed by atoms with Gasteiger partial charge in [0.25, 0.3) is 5.91 Å². The lowest BCUT2D eigenvalue weighted by Crippen LogP contribution is -2.30. The molecule has 0 aliphatic rings. The van der Waals surface area contributed by atoms with E-state index >= 15 is 0 Å². The third kappa shape index (κ3) is 3.40. The van der Waals surface area contributed by atoms with E-state index in [0.29, 0.717) is 24.6 Å². The molecule has 0 fully saturated rings. The lowest BCUT2D eigenvalue weighted by molar-refractivity contribution is 0.0713. The molecule has 3 aromatic heterocycles. The number of aryl methyl sites for hydroxylation is 1. The molecular formula is C16H15N3O2S. The Bertz CT molecular complexity index is 702. The van der Waals surface area contributed by atoms with Gasteiger partial charge in [-0.05, 0) is 36.6 Å². The van der Waals surface area contributed by atoms with E-state index in [2.05, 4.69) is 9.97 Å². The van der Waals surface area contributed by atoms with Crippen LogP contribution in [0.25, 0.3) is 0 Å². The van der Waals surface area contributed by atoms with Crippen molar-refractivity contribution >= 4 is 17.2 Å². The molecule has 0 aromatic carbocycles. The maximum absolute atomic E-state index is 12.7. The zero-order valence-corrected chi connectivity index (χ0v) is 12.9. The Morgan fingerprint density at radius 1 is 1.27 bits per heavy atom. The number of furan rings is 1. The van der Waals surface area contributed by atoms with E-state index in [1.165, 1.54) is 0 Å². The molecule has 0 bridgehead atoms. The number of rotatable bonds is 5. The van der Waals surface area contributed by atoms with Gasteiger partial charge in [0, 0.05) is 11.1 Å². The van der Waals surface area contributed by atoms with Gasteiger partial charge < -0.3 is 9.32 Å². The van der Waals surface area contributed by atoms with E-state index in [1.807, 2.05) is 29.6 Å². The number of carbonyl (C=O) groups excluding carboxylic acids is 1. The first-order valence-corrected chi connectivity index (χ1v) is 7.74. The van der Waals surface area contributed by atoms with Gasteiger partial charge in [-0.15, -0.1) is 11.3 Å². The first-order chi connectivity index (χ1) is 10.7. The van der Waals surface area contributed by atoms with Gasteiger partial charge in [0.15, 0.2) is 0 Å². The molecule has 0 atom stereocenters. The van der Waals surface area contributed by atoms with Crippen molar-refractivity contribution in [1.82, 2.24) is 14.9 Å². The summed E-state index contributed by atoms with van der Waals surface area (Å²) in [6, 6.07) is 9.31. The molecule has 1 amide bonds. The molecule has 22 heavy (non-hydrogen) atoms. The minimum Gasteiger partial charge on any atom is -0.467 e. The number of carbonyl (C=O) groups is 1. The van der Waals surface area contributed by atoms with Crippen molar-refractivity contribution in [3.8, 4) is 0 Å². The number of hydrogen-bond donors (Lipinski definition) is 0. The summed E-state index contributed by atoms with van der Waals surface area (Å²) in [5.41, 5.74) is 0.399. The summed E-state index contributed by atoms with van der Waals surface area (Å²) in [5.74, 6) is 1.20. The largest absolute Gasteiger partial charge is 0.467 e. The molecule has 0 saturated carbocycles. The zero-order chi connectivity index (χ0) is 15.4. The number of thiophene rings is 1. The third-order valence-corrected chi connectivity index (χ3v) is 4.00. The van der Waals surface area contributed by atoms with Gasteiger partial charge in [0.2, 0.25) is 0 Å². The average Bonchev–Trinajstić information content (AvgIpc) is 3.19. The lowest BCUT2D eigenvalue weighted by atomic mass is 10.3. The fourth-order valence-corrected chi connectivity index (χ4v) is 2.84. The Hall–Kier alpha value is -2.47. The number of hydrogen-bond acceptors (Lipinski definition) is 5.